The van der Waals surface area contributed by atoms with Gasteiger partial charge in [0.1, 0.15) is 17.2 Å². The minimum atomic E-state index is -1.19. The van der Waals surface area contributed by atoms with Crippen LogP contribution in [0.3, 0.4) is 0 Å². The molecule has 36 heavy (non-hydrogen) atoms. The first-order valence-electron chi connectivity index (χ1n) is 11.8. The molecule has 3 atom stereocenters. The Bertz CT molecular complexity index is 1310. The second-order valence-corrected chi connectivity index (χ2v) is 9.63. The Kier molecular flexibility index (Phi) is 6.87. The number of nitrogens with one attached hydrogen (secondary N) is 1. The average Bonchev–Trinajstić information content (AvgIpc) is 2.90. The van der Waals surface area contributed by atoms with Gasteiger partial charge in [0.15, 0.2) is 6.10 Å². The lowest BCUT2D eigenvalue weighted by molar-refractivity contribution is 0.00797. The normalized spacial score (nSPS) is 20.4. The summed E-state index contributed by atoms with van der Waals surface area (Å²) in [7, 11) is 3.10. The summed E-state index contributed by atoms with van der Waals surface area (Å²) in [5.41, 5.74) is 3.27. The molecule has 0 spiro atoms. The highest BCUT2D eigenvalue weighted by Gasteiger charge is 2.42. The molecule has 0 bridgehead atoms. The first kappa shape index (κ1) is 24.2. The number of ketones is 1. The highest BCUT2D eigenvalue weighted by Crippen LogP contribution is 2.40. The Morgan fingerprint density at radius 2 is 1.89 bits per heavy atom. The highest BCUT2D eigenvalue weighted by atomic mass is 79.9. The molecule has 0 saturated carbocycles. The molecule has 1 aliphatic heterocycles. The van der Waals surface area contributed by atoms with E-state index in [0.29, 0.717) is 32.8 Å². The van der Waals surface area contributed by atoms with E-state index in [-0.39, 0.29) is 11.8 Å². The zero-order valence-electron chi connectivity index (χ0n) is 20.0. The molecule has 0 radical (unpaired) electrons. The Labute approximate surface area is 217 Å². The summed E-state index contributed by atoms with van der Waals surface area (Å²) in [4.78, 5) is 26.7. The molecule has 3 aromatic carbocycles. The molecule has 0 fully saturated rings. The zero-order valence-corrected chi connectivity index (χ0v) is 21.5. The lowest BCUT2D eigenvalue weighted by atomic mass is 9.88. The molecule has 0 saturated heterocycles. The standard InChI is InChI=1S/C28H26BrNO6/c1-33-18-11-13-23-20(15-18)25(31)27(26(35-23)17-10-12-24(34-2)21(29)14-17)36-28(32)30-22-9-5-7-16-6-3-4-8-19(16)22/h3-4,6,8,10-15,22,26-27H,5,7,9H2,1-2H3,(H,30,32)/t22-,26+,27-/m0/s1. The summed E-state index contributed by atoms with van der Waals surface area (Å²) in [6.45, 7) is 0. The van der Waals surface area contributed by atoms with Gasteiger partial charge >= 0.3 is 6.09 Å². The summed E-state index contributed by atoms with van der Waals surface area (Å²) in [5.74, 6) is 1.20. The van der Waals surface area contributed by atoms with Crippen LogP contribution in [-0.4, -0.2) is 32.2 Å². The smallest absolute Gasteiger partial charge is 0.408 e. The van der Waals surface area contributed by atoms with E-state index in [2.05, 4.69) is 27.3 Å². The summed E-state index contributed by atoms with van der Waals surface area (Å²) >= 11 is 3.49. The molecule has 0 aromatic heterocycles. The van der Waals surface area contributed by atoms with Crippen LogP contribution >= 0.6 is 15.9 Å². The number of hydrogen-bond acceptors (Lipinski definition) is 6. The number of methoxy groups -OCH3 is 2. The van der Waals surface area contributed by atoms with Crippen LogP contribution in [0.5, 0.6) is 17.2 Å². The van der Waals surface area contributed by atoms with Crippen molar-refractivity contribution in [1.29, 1.82) is 0 Å². The number of carbonyl (C=O) groups excluding carboxylic acids is 2. The van der Waals surface area contributed by atoms with Crippen LogP contribution in [0.1, 0.15) is 52.0 Å². The molecular weight excluding hydrogens is 526 g/mol. The Morgan fingerprint density at radius 3 is 2.67 bits per heavy atom. The van der Waals surface area contributed by atoms with E-state index >= 15 is 0 Å². The quantitative estimate of drug-likeness (QED) is 0.421. The van der Waals surface area contributed by atoms with E-state index in [1.54, 1.807) is 43.5 Å². The largest absolute Gasteiger partial charge is 0.497 e. The van der Waals surface area contributed by atoms with Gasteiger partial charge in [0.05, 0.1) is 30.3 Å². The fourth-order valence-corrected chi connectivity index (χ4v) is 5.39. The number of aryl methyl sites for hydroxylation is 1. The van der Waals surface area contributed by atoms with Crippen molar-refractivity contribution in [3.05, 3.63) is 87.4 Å². The third kappa shape index (κ3) is 4.65. The van der Waals surface area contributed by atoms with Crippen molar-refractivity contribution in [2.24, 2.45) is 0 Å². The van der Waals surface area contributed by atoms with E-state index in [1.165, 1.54) is 12.7 Å². The maximum atomic E-state index is 13.6. The highest BCUT2D eigenvalue weighted by molar-refractivity contribution is 9.10. The third-order valence-electron chi connectivity index (χ3n) is 6.64. The van der Waals surface area contributed by atoms with Crippen molar-refractivity contribution in [3.63, 3.8) is 0 Å². The van der Waals surface area contributed by atoms with Crippen LogP contribution in [-0.2, 0) is 11.2 Å². The number of benzene rings is 3. The number of ether oxygens (including phenoxy) is 4. The zero-order chi connectivity index (χ0) is 25.2. The summed E-state index contributed by atoms with van der Waals surface area (Å²) in [6, 6.07) is 18.3. The second-order valence-electron chi connectivity index (χ2n) is 8.77. The van der Waals surface area contributed by atoms with Gasteiger partial charge in [-0.15, -0.1) is 0 Å². The van der Waals surface area contributed by atoms with Gasteiger partial charge in [-0.2, -0.15) is 0 Å². The van der Waals surface area contributed by atoms with E-state index in [0.717, 1.165) is 24.8 Å². The van der Waals surface area contributed by atoms with Gasteiger partial charge in [-0.05, 0) is 82.2 Å². The van der Waals surface area contributed by atoms with Crippen LogP contribution in [0.25, 0.3) is 0 Å². The van der Waals surface area contributed by atoms with Gasteiger partial charge < -0.3 is 24.3 Å². The van der Waals surface area contributed by atoms with E-state index in [9.17, 15) is 9.59 Å². The first-order chi connectivity index (χ1) is 17.5. The van der Waals surface area contributed by atoms with Crippen molar-refractivity contribution in [1.82, 2.24) is 5.32 Å². The number of alkyl carbamates (subject to hydrolysis) is 1. The molecular formula is C28H26BrNO6. The number of rotatable bonds is 5. The minimum Gasteiger partial charge on any atom is -0.497 e. The topological polar surface area (TPSA) is 83.1 Å². The Morgan fingerprint density at radius 1 is 1.06 bits per heavy atom. The van der Waals surface area contributed by atoms with E-state index < -0.39 is 18.3 Å². The maximum Gasteiger partial charge on any atom is 0.408 e. The van der Waals surface area contributed by atoms with Crippen molar-refractivity contribution >= 4 is 27.8 Å². The number of amides is 1. The fraction of sp³-hybridized carbons (Fsp3) is 0.286. The van der Waals surface area contributed by atoms with Crippen molar-refractivity contribution in [2.45, 2.75) is 37.5 Å². The van der Waals surface area contributed by atoms with Crippen LogP contribution in [0, 0.1) is 0 Å². The van der Waals surface area contributed by atoms with Gasteiger partial charge in [-0.3, -0.25) is 4.79 Å². The molecule has 3 aromatic rings. The number of halogens is 1. The summed E-state index contributed by atoms with van der Waals surface area (Å²) in [6.07, 6.45) is 0.0428. The van der Waals surface area contributed by atoms with E-state index in [1.807, 2.05) is 18.2 Å². The molecule has 1 amide bonds. The molecule has 1 aliphatic carbocycles. The molecule has 2 aliphatic rings. The lowest BCUT2D eigenvalue weighted by Crippen LogP contribution is -2.43. The molecule has 0 unspecified atom stereocenters. The van der Waals surface area contributed by atoms with E-state index in [4.69, 9.17) is 18.9 Å². The number of Topliss-reactive ketones (excluding diaryl/α,β-unsaturated/α-hetero) is 1. The molecule has 7 nitrogen and oxygen atoms in total. The van der Waals surface area contributed by atoms with Gasteiger partial charge in [0.25, 0.3) is 0 Å². The van der Waals surface area contributed by atoms with Crippen LogP contribution in [0.15, 0.2) is 65.1 Å². The van der Waals surface area contributed by atoms with Gasteiger partial charge in [0.2, 0.25) is 11.9 Å². The van der Waals surface area contributed by atoms with Crippen molar-refractivity contribution < 1.29 is 28.5 Å². The van der Waals surface area contributed by atoms with Gasteiger partial charge in [-0.1, -0.05) is 30.3 Å². The third-order valence-corrected chi connectivity index (χ3v) is 7.26. The van der Waals surface area contributed by atoms with Crippen molar-refractivity contribution in [3.8, 4) is 17.2 Å². The fourth-order valence-electron chi connectivity index (χ4n) is 4.83. The molecule has 1 N–H and O–H groups in total. The Hall–Kier alpha value is -3.52. The summed E-state index contributed by atoms with van der Waals surface area (Å²) < 4.78 is 23.3. The van der Waals surface area contributed by atoms with Gasteiger partial charge in [-0.25, -0.2) is 4.79 Å². The van der Waals surface area contributed by atoms with Crippen LogP contribution in [0.2, 0.25) is 0 Å². The predicted octanol–water partition coefficient (Wildman–Crippen LogP) is 5.96. The number of hydrogen-bond donors (Lipinski definition) is 1. The minimum absolute atomic E-state index is 0.178. The average molecular weight is 552 g/mol. The van der Waals surface area contributed by atoms with Crippen LogP contribution < -0.4 is 19.5 Å². The molecule has 8 heteroatoms. The summed E-state index contributed by atoms with van der Waals surface area (Å²) in [5, 5.41) is 2.97. The predicted molar refractivity (Wildman–Crippen MR) is 137 cm³/mol. The monoisotopic (exact) mass is 551 g/mol. The number of fused-ring (bicyclic) bond motifs is 2. The van der Waals surface area contributed by atoms with Crippen LogP contribution in [0.4, 0.5) is 4.79 Å². The second kappa shape index (κ2) is 10.2. The molecule has 186 valence electrons. The molecule has 1 heterocycles. The SMILES string of the molecule is COc1ccc2c(c1)C(=O)[C@H](OC(=O)N[C@H]1CCCc3ccccc31)[C@@H](c1ccc(OC)c(Br)c1)O2. The maximum absolute atomic E-state index is 13.6. The number of carbonyl (C=O) groups is 2. The van der Waals surface area contributed by atoms with Crippen molar-refractivity contribution in [2.75, 3.05) is 14.2 Å². The lowest BCUT2D eigenvalue weighted by Gasteiger charge is -2.33. The molecule has 5 rings (SSSR count). The Balaban J connectivity index is 1.45. The van der Waals surface area contributed by atoms with Gasteiger partial charge in [0, 0.05) is 0 Å². The first-order valence-corrected chi connectivity index (χ1v) is 12.5.